The van der Waals surface area contributed by atoms with E-state index in [0.717, 1.165) is 5.69 Å². The Morgan fingerprint density at radius 2 is 1.89 bits per heavy atom. The van der Waals surface area contributed by atoms with Crippen LogP contribution in [0.4, 0.5) is 5.69 Å². The molecule has 96 valence electrons. The zero-order chi connectivity index (χ0) is 12.5. The molecule has 3 aliphatic rings. The third-order valence-corrected chi connectivity index (χ3v) is 4.25. The Kier molecular flexibility index (Phi) is 3.37. The van der Waals surface area contributed by atoms with Crippen LogP contribution in [0.3, 0.4) is 0 Å². The van der Waals surface area contributed by atoms with Gasteiger partial charge in [0.1, 0.15) is 6.20 Å². The van der Waals surface area contributed by atoms with Crippen LogP contribution in [0.5, 0.6) is 0 Å². The van der Waals surface area contributed by atoms with Crippen molar-refractivity contribution in [2.45, 2.75) is 12.8 Å². The fraction of sp³-hybridized carbons (Fsp3) is 0.385. The lowest BCUT2D eigenvalue weighted by molar-refractivity contribution is -0.859. The van der Waals surface area contributed by atoms with Gasteiger partial charge < -0.3 is 4.90 Å². The first-order valence-corrected chi connectivity index (χ1v) is 7.01. The summed E-state index contributed by atoms with van der Waals surface area (Å²) in [7, 11) is 0. The van der Waals surface area contributed by atoms with Crippen molar-refractivity contribution in [2.24, 2.45) is 5.92 Å². The number of hydrogen-bond donors (Lipinski definition) is 3. The van der Waals surface area contributed by atoms with Crippen LogP contribution in [-0.2, 0) is 0 Å². The molecule has 1 aromatic rings. The summed E-state index contributed by atoms with van der Waals surface area (Å²) >= 11 is 12.0. The highest BCUT2D eigenvalue weighted by atomic mass is 35.5. The summed E-state index contributed by atoms with van der Waals surface area (Å²) in [6, 6.07) is 5.45. The predicted molar refractivity (Wildman–Crippen MR) is 74.7 cm³/mol. The molecule has 3 nitrogen and oxygen atoms in total. The van der Waals surface area contributed by atoms with Crippen molar-refractivity contribution in [3.8, 4) is 0 Å². The number of nitrogens with one attached hydrogen (secondary N) is 3. The predicted octanol–water partition coefficient (Wildman–Crippen LogP) is 2.06. The standard InChI is InChI=1S/C13H15Cl2N3/c14-10-1-2-12(11(15)7-10)16-17-13-8-18-5-3-9(13)4-6-18/h1-2,7-9,16-17H,3-6H2/p+1. The van der Waals surface area contributed by atoms with Crippen molar-refractivity contribution < 1.29 is 4.90 Å². The van der Waals surface area contributed by atoms with Gasteiger partial charge in [-0.2, -0.15) is 0 Å². The molecular weight excluding hydrogens is 269 g/mol. The first-order chi connectivity index (χ1) is 8.72. The van der Waals surface area contributed by atoms with Crippen LogP contribution < -0.4 is 15.8 Å². The molecule has 4 rings (SSSR count). The molecule has 0 atom stereocenters. The first-order valence-electron chi connectivity index (χ1n) is 6.26. The van der Waals surface area contributed by atoms with E-state index >= 15 is 0 Å². The van der Waals surface area contributed by atoms with E-state index in [4.69, 9.17) is 23.2 Å². The van der Waals surface area contributed by atoms with E-state index in [2.05, 4.69) is 17.1 Å². The van der Waals surface area contributed by atoms with Gasteiger partial charge in [0.25, 0.3) is 0 Å². The minimum Gasteiger partial charge on any atom is -0.307 e. The molecule has 0 saturated carbocycles. The second kappa shape index (κ2) is 5.00. The van der Waals surface area contributed by atoms with Gasteiger partial charge in [0, 0.05) is 23.8 Å². The van der Waals surface area contributed by atoms with Crippen LogP contribution in [0, 0.1) is 5.92 Å². The average molecular weight is 285 g/mol. The Labute approximate surface area is 117 Å². The summed E-state index contributed by atoms with van der Waals surface area (Å²) in [5.74, 6) is 0.668. The molecule has 18 heavy (non-hydrogen) atoms. The lowest BCUT2D eigenvalue weighted by Gasteiger charge is -2.34. The number of piperidine rings is 1. The normalized spacial score (nSPS) is 25.8. The van der Waals surface area contributed by atoms with Crippen molar-refractivity contribution in [2.75, 3.05) is 18.5 Å². The Balaban J connectivity index is 1.68. The molecule has 2 bridgehead atoms. The smallest absolute Gasteiger partial charge is 0.116 e. The highest BCUT2D eigenvalue weighted by Crippen LogP contribution is 2.26. The Hall–Kier alpha value is -0.900. The number of anilines is 1. The van der Waals surface area contributed by atoms with Crippen LogP contribution >= 0.6 is 23.2 Å². The highest BCUT2D eigenvalue weighted by molar-refractivity contribution is 6.36. The quantitative estimate of drug-likeness (QED) is 0.742. The fourth-order valence-electron chi connectivity index (χ4n) is 2.65. The van der Waals surface area contributed by atoms with Gasteiger partial charge in [0.05, 0.1) is 29.5 Å². The topological polar surface area (TPSA) is 28.5 Å². The first kappa shape index (κ1) is 12.2. The van der Waals surface area contributed by atoms with E-state index in [1.807, 2.05) is 12.1 Å². The molecule has 0 aliphatic carbocycles. The molecule has 0 radical (unpaired) electrons. The summed E-state index contributed by atoms with van der Waals surface area (Å²) in [5, 5.41) is 1.28. The molecule has 0 aromatic heterocycles. The van der Waals surface area contributed by atoms with Gasteiger partial charge in [-0.1, -0.05) is 23.2 Å². The Morgan fingerprint density at radius 3 is 2.50 bits per heavy atom. The molecule has 5 heteroatoms. The maximum atomic E-state index is 6.11. The van der Waals surface area contributed by atoms with Crippen LogP contribution in [0.1, 0.15) is 12.8 Å². The molecular formula is C13H16Cl2N3+. The molecule has 0 spiro atoms. The minimum atomic E-state index is 0.629. The van der Waals surface area contributed by atoms with Crippen molar-refractivity contribution in [3.05, 3.63) is 40.1 Å². The van der Waals surface area contributed by atoms with Crippen molar-refractivity contribution >= 4 is 28.9 Å². The van der Waals surface area contributed by atoms with Gasteiger partial charge in [-0.05, 0) is 18.2 Å². The number of hydrogen-bond acceptors (Lipinski definition) is 2. The zero-order valence-corrected chi connectivity index (χ0v) is 11.5. The SMILES string of the molecule is Clc1ccc(NNC2=C[NH+]3CCC2CC3)c(Cl)c1. The third-order valence-electron chi connectivity index (χ3n) is 3.70. The van der Waals surface area contributed by atoms with E-state index < -0.39 is 0 Å². The molecule has 1 aromatic carbocycles. The number of fused-ring (bicyclic) bond motifs is 2. The summed E-state index contributed by atoms with van der Waals surface area (Å²) < 4.78 is 0. The Bertz CT molecular complexity index is 479. The van der Waals surface area contributed by atoms with Gasteiger partial charge in [-0.3, -0.25) is 10.9 Å². The van der Waals surface area contributed by atoms with Crippen molar-refractivity contribution in [1.82, 2.24) is 5.43 Å². The molecule has 0 amide bonds. The van der Waals surface area contributed by atoms with Crippen LogP contribution in [-0.4, -0.2) is 13.1 Å². The summed E-state index contributed by atoms with van der Waals surface area (Å²) in [5.41, 5.74) is 8.61. The van der Waals surface area contributed by atoms with E-state index in [1.165, 1.54) is 31.6 Å². The summed E-state index contributed by atoms with van der Waals surface area (Å²) in [4.78, 5) is 1.56. The van der Waals surface area contributed by atoms with Crippen LogP contribution in [0.25, 0.3) is 0 Å². The second-order valence-electron chi connectivity index (χ2n) is 4.91. The minimum absolute atomic E-state index is 0.629. The Morgan fingerprint density at radius 1 is 1.11 bits per heavy atom. The van der Waals surface area contributed by atoms with E-state index in [0.29, 0.717) is 16.0 Å². The molecule has 3 aliphatic heterocycles. The fourth-order valence-corrected chi connectivity index (χ4v) is 3.11. The van der Waals surface area contributed by atoms with Crippen LogP contribution in [0.2, 0.25) is 10.0 Å². The molecule has 0 unspecified atom stereocenters. The number of halogens is 2. The lowest BCUT2D eigenvalue weighted by Crippen LogP contribution is -3.10. The van der Waals surface area contributed by atoms with E-state index in [1.54, 1.807) is 11.0 Å². The molecule has 3 N–H and O–H groups in total. The van der Waals surface area contributed by atoms with E-state index in [-0.39, 0.29) is 0 Å². The number of rotatable bonds is 3. The van der Waals surface area contributed by atoms with E-state index in [9.17, 15) is 0 Å². The zero-order valence-electron chi connectivity index (χ0n) is 9.97. The highest BCUT2D eigenvalue weighted by Gasteiger charge is 2.30. The molecule has 1 saturated heterocycles. The maximum absolute atomic E-state index is 6.11. The monoisotopic (exact) mass is 284 g/mol. The second-order valence-corrected chi connectivity index (χ2v) is 5.75. The molecule has 1 fully saturated rings. The maximum Gasteiger partial charge on any atom is 0.116 e. The average Bonchev–Trinajstić information content (AvgIpc) is 2.39. The summed E-state index contributed by atoms with van der Waals surface area (Å²) in [6.07, 6.45) is 4.82. The lowest BCUT2D eigenvalue weighted by atomic mass is 9.90. The van der Waals surface area contributed by atoms with Gasteiger partial charge in [-0.25, -0.2) is 0 Å². The number of quaternary nitrogens is 1. The van der Waals surface area contributed by atoms with Gasteiger partial charge >= 0.3 is 0 Å². The number of allylic oxidation sites excluding steroid dienone is 1. The number of benzene rings is 1. The van der Waals surface area contributed by atoms with Gasteiger partial charge in [0.15, 0.2) is 0 Å². The van der Waals surface area contributed by atoms with Crippen molar-refractivity contribution in [3.63, 3.8) is 0 Å². The third kappa shape index (κ3) is 2.44. The van der Waals surface area contributed by atoms with Gasteiger partial charge in [0.2, 0.25) is 0 Å². The van der Waals surface area contributed by atoms with Crippen LogP contribution in [0.15, 0.2) is 30.1 Å². The largest absolute Gasteiger partial charge is 0.307 e. The molecule has 3 heterocycles. The number of hydrazine groups is 1. The van der Waals surface area contributed by atoms with Crippen molar-refractivity contribution in [1.29, 1.82) is 0 Å². The van der Waals surface area contributed by atoms with Gasteiger partial charge in [-0.15, -0.1) is 0 Å². The summed E-state index contributed by atoms with van der Waals surface area (Å²) in [6.45, 7) is 2.52.